The van der Waals surface area contributed by atoms with Crippen LogP contribution in [0.4, 0.5) is 5.69 Å². The molecule has 0 fully saturated rings. The summed E-state index contributed by atoms with van der Waals surface area (Å²) in [6, 6.07) is 10.9. The first kappa shape index (κ1) is 20.5. The van der Waals surface area contributed by atoms with Gasteiger partial charge in [0.2, 0.25) is 0 Å². The number of esters is 1. The molecule has 0 aliphatic heterocycles. The van der Waals surface area contributed by atoms with Crippen molar-refractivity contribution in [2.75, 3.05) is 24.6 Å². The second kappa shape index (κ2) is 8.73. The Kier molecular flexibility index (Phi) is 6.63. The van der Waals surface area contributed by atoms with Gasteiger partial charge in [-0.15, -0.1) is 6.58 Å². The molecule has 0 bridgehead atoms. The van der Waals surface area contributed by atoms with E-state index < -0.39 is 16.0 Å². The van der Waals surface area contributed by atoms with Gasteiger partial charge in [-0.05, 0) is 61.9 Å². The number of methoxy groups -OCH3 is 1. The molecule has 0 N–H and O–H groups in total. The van der Waals surface area contributed by atoms with E-state index in [1.54, 1.807) is 38.1 Å². The summed E-state index contributed by atoms with van der Waals surface area (Å²) < 4.78 is 37.7. The fraction of sp³-hybridized carbons (Fsp3) is 0.250. The van der Waals surface area contributed by atoms with Gasteiger partial charge in [0, 0.05) is 0 Å². The van der Waals surface area contributed by atoms with Crippen LogP contribution in [0.15, 0.2) is 60.0 Å². The van der Waals surface area contributed by atoms with E-state index in [0.717, 1.165) is 5.56 Å². The summed E-state index contributed by atoms with van der Waals surface area (Å²) in [6.07, 6.45) is 1.51. The Labute approximate surface area is 160 Å². The van der Waals surface area contributed by atoms with Gasteiger partial charge in [-0.2, -0.15) is 0 Å². The molecule has 2 aromatic carbocycles. The highest BCUT2D eigenvalue weighted by Gasteiger charge is 2.25. The van der Waals surface area contributed by atoms with E-state index in [9.17, 15) is 13.2 Å². The molecule has 0 amide bonds. The number of ether oxygens (including phenoxy) is 2. The van der Waals surface area contributed by atoms with Crippen molar-refractivity contribution in [2.45, 2.75) is 18.7 Å². The lowest BCUT2D eigenvalue weighted by Gasteiger charge is -2.23. The first-order valence-corrected chi connectivity index (χ1v) is 9.84. The average molecular weight is 389 g/mol. The molecule has 27 heavy (non-hydrogen) atoms. The number of nitrogens with zero attached hydrogens (tertiary/aromatic N) is 1. The molecule has 0 radical (unpaired) electrons. The van der Waals surface area contributed by atoms with Crippen molar-refractivity contribution >= 4 is 21.7 Å². The highest BCUT2D eigenvalue weighted by atomic mass is 32.2. The van der Waals surface area contributed by atoms with Crippen molar-refractivity contribution in [3.63, 3.8) is 0 Å². The minimum absolute atomic E-state index is 0.0894. The van der Waals surface area contributed by atoms with Crippen molar-refractivity contribution in [3.8, 4) is 5.75 Å². The van der Waals surface area contributed by atoms with Gasteiger partial charge in [-0.25, -0.2) is 13.2 Å². The number of sulfonamides is 1. The average Bonchev–Trinajstić information content (AvgIpc) is 2.66. The van der Waals surface area contributed by atoms with Gasteiger partial charge in [0.15, 0.2) is 0 Å². The molecule has 2 rings (SSSR count). The minimum Gasteiger partial charge on any atom is -0.496 e. The molecule has 0 saturated carbocycles. The number of anilines is 1. The summed E-state index contributed by atoms with van der Waals surface area (Å²) >= 11 is 0. The van der Waals surface area contributed by atoms with Crippen LogP contribution >= 0.6 is 0 Å². The van der Waals surface area contributed by atoms with Crippen LogP contribution in [-0.4, -0.2) is 34.6 Å². The predicted octanol–water partition coefficient (Wildman–Crippen LogP) is 3.56. The molecule has 0 aliphatic rings. The van der Waals surface area contributed by atoms with Gasteiger partial charge in [0.1, 0.15) is 5.75 Å². The van der Waals surface area contributed by atoms with E-state index in [-0.39, 0.29) is 18.0 Å². The van der Waals surface area contributed by atoms with Crippen LogP contribution in [-0.2, 0) is 14.8 Å². The molecule has 7 heteroatoms. The van der Waals surface area contributed by atoms with E-state index in [1.807, 2.05) is 0 Å². The number of aryl methyl sites for hydroxylation is 1. The lowest BCUT2D eigenvalue weighted by molar-refractivity contribution is 0.0526. The first-order chi connectivity index (χ1) is 12.8. The quantitative estimate of drug-likeness (QED) is 0.510. The second-order valence-electron chi connectivity index (χ2n) is 5.72. The van der Waals surface area contributed by atoms with E-state index in [1.165, 1.54) is 35.7 Å². The maximum absolute atomic E-state index is 13.1. The van der Waals surface area contributed by atoms with Crippen LogP contribution in [0.25, 0.3) is 0 Å². The first-order valence-electron chi connectivity index (χ1n) is 8.40. The van der Waals surface area contributed by atoms with Crippen LogP contribution in [0.1, 0.15) is 22.8 Å². The van der Waals surface area contributed by atoms with Gasteiger partial charge in [-0.3, -0.25) is 4.31 Å². The zero-order valence-electron chi connectivity index (χ0n) is 15.6. The largest absolute Gasteiger partial charge is 0.496 e. The van der Waals surface area contributed by atoms with E-state index >= 15 is 0 Å². The van der Waals surface area contributed by atoms with Crippen LogP contribution in [0.5, 0.6) is 5.75 Å². The highest BCUT2D eigenvalue weighted by Crippen LogP contribution is 2.27. The SMILES string of the molecule is C=CCN(c1ccc(C(=O)OCC)cc1)S(=O)(=O)c1ccc(OC)c(C)c1. The normalized spacial score (nSPS) is 10.9. The van der Waals surface area contributed by atoms with Gasteiger partial charge >= 0.3 is 5.97 Å². The molecule has 0 atom stereocenters. The lowest BCUT2D eigenvalue weighted by atomic mass is 10.2. The highest BCUT2D eigenvalue weighted by molar-refractivity contribution is 7.92. The number of hydrogen-bond acceptors (Lipinski definition) is 5. The maximum atomic E-state index is 13.1. The second-order valence-corrected chi connectivity index (χ2v) is 7.59. The predicted molar refractivity (Wildman–Crippen MR) is 105 cm³/mol. The third-order valence-electron chi connectivity index (χ3n) is 3.92. The Morgan fingerprint density at radius 2 is 1.85 bits per heavy atom. The summed E-state index contributed by atoms with van der Waals surface area (Å²) in [7, 11) is -2.28. The minimum atomic E-state index is -3.82. The number of carbonyl (C=O) groups excluding carboxylic acids is 1. The Morgan fingerprint density at radius 3 is 2.37 bits per heavy atom. The Bertz CT molecular complexity index is 920. The van der Waals surface area contributed by atoms with Gasteiger partial charge in [0.25, 0.3) is 10.0 Å². The zero-order valence-corrected chi connectivity index (χ0v) is 16.5. The molecule has 0 saturated heterocycles. The number of rotatable bonds is 8. The standard InChI is InChI=1S/C20H23NO5S/c1-5-13-21(17-9-7-16(8-10-17)20(22)26-6-2)27(23,24)18-11-12-19(25-4)15(3)14-18/h5,7-12,14H,1,6,13H2,2-4H3. The van der Waals surface area contributed by atoms with Crippen LogP contribution in [0.3, 0.4) is 0 Å². The molecule has 144 valence electrons. The molecule has 0 heterocycles. The van der Waals surface area contributed by atoms with E-state index in [2.05, 4.69) is 6.58 Å². The molecular weight excluding hydrogens is 366 g/mol. The van der Waals surface area contributed by atoms with Crippen molar-refractivity contribution < 1.29 is 22.7 Å². The summed E-state index contributed by atoms with van der Waals surface area (Å²) in [5.41, 5.74) is 1.50. The molecule has 2 aromatic rings. The Hall–Kier alpha value is -2.80. The number of benzene rings is 2. The van der Waals surface area contributed by atoms with Crippen LogP contribution in [0, 0.1) is 6.92 Å². The van der Waals surface area contributed by atoms with Crippen LogP contribution in [0.2, 0.25) is 0 Å². The number of carbonyl (C=O) groups is 1. The van der Waals surface area contributed by atoms with E-state index in [4.69, 9.17) is 9.47 Å². The Balaban J connectivity index is 2.42. The summed E-state index contributed by atoms with van der Waals surface area (Å²) in [5.74, 6) is 0.163. The van der Waals surface area contributed by atoms with Gasteiger partial charge in [0.05, 0.1) is 36.4 Å². The van der Waals surface area contributed by atoms with Gasteiger partial charge in [-0.1, -0.05) is 6.08 Å². The zero-order chi connectivity index (χ0) is 20.0. The fourth-order valence-electron chi connectivity index (χ4n) is 2.58. The topological polar surface area (TPSA) is 72.9 Å². The van der Waals surface area contributed by atoms with Crippen LogP contribution < -0.4 is 9.04 Å². The molecule has 0 spiro atoms. The molecule has 0 unspecified atom stereocenters. The maximum Gasteiger partial charge on any atom is 0.338 e. The van der Waals surface area contributed by atoms with Crippen molar-refractivity contribution in [2.24, 2.45) is 0 Å². The summed E-state index contributed by atoms with van der Waals surface area (Å²) in [6.45, 7) is 7.51. The molecule has 0 aromatic heterocycles. The van der Waals surface area contributed by atoms with Crippen molar-refractivity contribution in [3.05, 3.63) is 66.2 Å². The molecule has 0 aliphatic carbocycles. The van der Waals surface area contributed by atoms with Crippen molar-refractivity contribution in [1.29, 1.82) is 0 Å². The Morgan fingerprint density at radius 1 is 1.19 bits per heavy atom. The van der Waals surface area contributed by atoms with E-state index in [0.29, 0.717) is 17.0 Å². The molecule has 6 nitrogen and oxygen atoms in total. The summed E-state index contributed by atoms with van der Waals surface area (Å²) in [5, 5.41) is 0. The third-order valence-corrected chi connectivity index (χ3v) is 5.71. The fourth-order valence-corrected chi connectivity index (χ4v) is 4.10. The molecular formula is C20H23NO5S. The van der Waals surface area contributed by atoms with Crippen molar-refractivity contribution in [1.82, 2.24) is 0 Å². The lowest BCUT2D eigenvalue weighted by Crippen LogP contribution is -2.31. The third kappa shape index (κ3) is 4.49. The van der Waals surface area contributed by atoms with Gasteiger partial charge < -0.3 is 9.47 Å². The monoisotopic (exact) mass is 389 g/mol. The smallest absolute Gasteiger partial charge is 0.338 e. The number of hydrogen-bond donors (Lipinski definition) is 0. The summed E-state index contributed by atoms with van der Waals surface area (Å²) in [4.78, 5) is 11.9.